The maximum Gasteiger partial charge on any atom is 0.156 e. The van der Waals surface area contributed by atoms with Crippen LogP contribution in [0.3, 0.4) is 0 Å². The molecule has 0 spiro atoms. The van der Waals surface area contributed by atoms with Gasteiger partial charge in [0.2, 0.25) is 0 Å². The number of hydrogen-bond donors (Lipinski definition) is 1. The van der Waals surface area contributed by atoms with Crippen molar-refractivity contribution in [3.05, 3.63) is 83.8 Å². The summed E-state index contributed by atoms with van der Waals surface area (Å²) in [4.78, 5) is 6.83. The van der Waals surface area contributed by atoms with Crippen LogP contribution < -0.4 is 0 Å². The Morgan fingerprint density at radius 2 is 1.67 bits per heavy atom. The van der Waals surface area contributed by atoms with E-state index in [1.807, 2.05) is 61.0 Å². The highest BCUT2D eigenvalue weighted by atomic mass is 35.5. The van der Waals surface area contributed by atoms with E-state index in [2.05, 4.69) is 45.3 Å². The topological polar surface area (TPSA) is 79.4 Å². The molecule has 0 unspecified atom stereocenters. The minimum Gasteiger partial charge on any atom is -0.507 e. The number of fused-ring (bicyclic) bond motifs is 1. The van der Waals surface area contributed by atoms with E-state index in [4.69, 9.17) is 5.10 Å². The highest BCUT2D eigenvalue weighted by molar-refractivity contribution is 5.87. The van der Waals surface area contributed by atoms with Gasteiger partial charge in [0.25, 0.3) is 0 Å². The summed E-state index contributed by atoms with van der Waals surface area (Å²) in [6.45, 7) is 6.04. The maximum atomic E-state index is 10.7. The highest BCUT2D eigenvalue weighted by Crippen LogP contribution is 2.39. The molecule has 5 aromatic rings. The summed E-state index contributed by atoms with van der Waals surface area (Å²) in [5, 5.41) is 24.6. The molecule has 0 radical (unpaired) electrons. The van der Waals surface area contributed by atoms with Gasteiger partial charge in [-0.25, -0.2) is 9.50 Å². The number of aryl methyl sites for hydroxylation is 2. The first-order valence-electron chi connectivity index (χ1n) is 11.8. The van der Waals surface area contributed by atoms with Gasteiger partial charge in [0.1, 0.15) is 5.75 Å². The third-order valence-electron chi connectivity index (χ3n) is 6.68. The Labute approximate surface area is 215 Å². The zero-order chi connectivity index (χ0) is 24.1. The molecule has 1 N–H and O–H groups in total. The zero-order valence-electron chi connectivity index (χ0n) is 20.4. The van der Waals surface area contributed by atoms with Crippen LogP contribution in [0.4, 0.5) is 0 Å². The van der Waals surface area contributed by atoms with Gasteiger partial charge in [0.05, 0.1) is 29.0 Å². The fourth-order valence-corrected chi connectivity index (χ4v) is 4.83. The molecule has 1 aliphatic heterocycles. The predicted molar refractivity (Wildman–Crippen MR) is 144 cm³/mol. The van der Waals surface area contributed by atoms with Crippen molar-refractivity contribution in [2.24, 2.45) is 0 Å². The first-order chi connectivity index (χ1) is 17.0. The Balaban J connectivity index is 0.00000267. The lowest BCUT2D eigenvalue weighted by Gasteiger charge is -2.35. The lowest BCUT2D eigenvalue weighted by molar-refractivity contribution is 0.186. The monoisotopic (exact) mass is 498 g/mol. The zero-order valence-corrected chi connectivity index (χ0v) is 21.2. The van der Waals surface area contributed by atoms with Crippen LogP contribution in [0.2, 0.25) is 0 Å². The van der Waals surface area contributed by atoms with Gasteiger partial charge >= 0.3 is 0 Å². The van der Waals surface area contributed by atoms with Crippen LogP contribution >= 0.6 is 12.4 Å². The molecule has 0 aliphatic carbocycles. The summed E-state index contributed by atoms with van der Waals surface area (Å²) >= 11 is 0. The number of nitrogens with zero attached hydrogens (tertiary/aromatic N) is 6. The van der Waals surface area contributed by atoms with Crippen LogP contribution in [0.15, 0.2) is 66.9 Å². The van der Waals surface area contributed by atoms with E-state index in [-0.39, 0.29) is 18.2 Å². The number of aromatic nitrogens is 5. The molecule has 0 bridgehead atoms. The Morgan fingerprint density at radius 1 is 0.861 bits per heavy atom. The third-order valence-corrected chi connectivity index (χ3v) is 6.68. The van der Waals surface area contributed by atoms with Crippen molar-refractivity contribution in [1.29, 1.82) is 0 Å². The lowest BCUT2D eigenvalue weighted by Crippen LogP contribution is -2.42. The average Bonchev–Trinajstić information content (AvgIpc) is 3.23. The fourth-order valence-electron chi connectivity index (χ4n) is 4.83. The van der Waals surface area contributed by atoms with E-state index in [0.717, 1.165) is 69.3 Å². The molecule has 0 saturated carbocycles. The molecule has 2 aromatic carbocycles. The van der Waals surface area contributed by atoms with Gasteiger partial charge in [0.15, 0.2) is 5.65 Å². The molecule has 182 valence electrons. The van der Waals surface area contributed by atoms with E-state index in [1.165, 1.54) is 0 Å². The quantitative estimate of drug-likeness (QED) is 0.362. The van der Waals surface area contributed by atoms with Crippen LogP contribution in [0.25, 0.3) is 39.3 Å². The Morgan fingerprint density at radius 3 is 2.39 bits per heavy atom. The summed E-state index contributed by atoms with van der Waals surface area (Å²) in [7, 11) is 2.11. The number of rotatable bonds is 4. The third kappa shape index (κ3) is 4.21. The van der Waals surface area contributed by atoms with Crippen molar-refractivity contribution in [3.8, 4) is 39.4 Å². The van der Waals surface area contributed by atoms with E-state index in [0.29, 0.717) is 5.92 Å². The molecule has 1 aliphatic rings. The Kier molecular flexibility index (Phi) is 6.20. The largest absolute Gasteiger partial charge is 0.507 e. The van der Waals surface area contributed by atoms with Crippen LogP contribution in [0.1, 0.15) is 22.9 Å². The fraction of sp³-hybridized carbons (Fsp3) is 0.214. The van der Waals surface area contributed by atoms with Crippen molar-refractivity contribution >= 4 is 18.1 Å². The lowest BCUT2D eigenvalue weighted by atomic mass is 9.93. The van der Waals surface area contributed by atoms with Gasteiger partial charge in [-0.2, -0.15) is 15.3 Å². The molecule has 4 heterocycles. The Hall–Kier alpha value is -3.81. The predicted octanol–water partition coefficient (Wildman–Crippen LogP) is 5.29. The summed E-state index contributed by atoms with van der Waals surface area (Å²) in [6.07, 6.45) is 1.93. The van der Waals surface area contributed by atoms with Gasteiger partial charge in [-0.15, -0.1) is 12.4 Å². The van der Waals surface area contributed by atoms with Gasteiger partial charge in [-0.1, -0.05) is 30.3 Å². The number of imidazole rings is 1. The first-order valence-corrected chi connectivity index (χ1v) is 11.8. The molecule has 7 nitrogen and oxygen atoms in total. The number of aromatic hydroxyl groups is 1. The molecule has 3 aromatic heterocycles. The average molecular weight is 499 g/mol. The van der Waals surface area contributed by atoms with Crippen LogP contribution in [-0.4, -0.2) is 54.9 Å². The van der Waals surface area contributed by atoms with Crippen molar-refractivity contribution in [2.75, 3.05) is 20.1 Å². The number of hydrogen-bond acceptors (Lipinski definition) is 6. The summed E-state index contributed by atoms with van der Waals surface area (Å²) in [6, 6.07) is 19.7. The van der Waals surface area contributed by atoms with Gasteiger partial charge in [-0.05, 0) is 62.4 Å². The number of para-hydroxylation sites is 1. The molecular formula is C28H27ClN6O. The number of halogens is 1. The molecule has 6 rings (SSSR count). The van der Waals surface area contributed by atoms with E-state index in [9.17, 15) is 5.11 Å². The second kappa shape index (κ2) is 9.33. The number of likely N-dealkylation sites (N-methyl/N-ethyl adjacent to an activating group) is 1. The second-order valence-electron chi connectivity index (χ2n) is 9.40. The number of phenolic OH excluding ortho intramolecular Hbond substituents is 1. The normalized spacial score (nSPS) is 14.0. The molecule has 1 saturated heterocycles. The SMILES string of the molecule is Cc1cn2nc(-c3ccc(-c4ccc(C5CN(C)C5)nn4)c(-c4ccccc4O)c3)cc(C)c2n1.Cl. The van der Waals surface area contributed by atoms with Crippen molar-refractivity contribution in [1.82, 2.24) is 29.7 Å². The molecule has 8 heteroatoms. The van der Waals surface area contributed by atoms with Crippen molar-refractivity contribution < 1.29 is 5.11 Å². The van der Waals surface area contributed by atoms with Crippen LogP contribution in [0.5, 0.6) is 5.75 Å². The standard InChI is InChI=1S/C28H26N6O.ClH/c1-17-12-26(32-34-14-18(2)29-28(17)34)19-8-9-21(23(13-19)22-6-4-5-7-27(22)35)25-11-10-24(30-31-25)20-15-33(3)16-20;/h4-14,20,35H,15-16H2,1-3H3;1H. The van der Waals surface area contributed by atoms with Crippen molar-refractivity contribution in [3.63, 3.8) is 0 Å². The molecule has 36 heavy (non-hydrogen) atoms. The molecular weight excluding hydrogens is 472 g/mol. The van der Waals surface area contributed by atoms with E-state index in [1.54, 1.807) is 6.07 Å². The van der Waals surface area contributed by atoms with Crippen molar-refractivity contribution in [2.45, 2.75) is 19.8 Å². The summed E-state index contributed by atoms with van der Waals surface area (Å²) in [5.74, 6) is 0.662. The van der Waals surface area contributed by atoms with E-state index < -0.39 is 0 Å². The number of likely N-dealkylation sites (tertiary alicyclic amines) is 1. The van der Waals surface area contributed by atoms with E-state index >= 15 is 0 Å². The first kappa shape index (κ1) is 23.9. The smallest absolute Gasteiger partial charge is 0.156 e. The maximum absolute atomic E-state index is 10.7. The highest BCUT2D eigenvalue weighted by Gasteiger charge is 2.26. The van der Waals surface area contributed by atoms with Gasteiger partial charge in [0, 0.05) is 35.7 Å². The van der Waals surface area contributed by atoms with Gasteiger partial charge < -0.3 is 10.0 Å². The van der Waals surface area contributed by atoms with Gasteiger partial charge in [-0.3, -0.25) is 0 Å². The minimum atomic E-state index is 0. The van der Waals surface area contributed by atoms with Crippen LogP contribution in [0, 0.1) is 13.8 Å². The summed E-state index contributed by atoms with van der Waals surface area (Å²) < 4.78 is 1.83. The van der Waals surface area contributed by atoms with Crippen LogP contribution in [-0.2, 0) is 0 Å². The number of phenols is 1. The Bertz CT molecular complexity index is 1560. The minimum absolute atomic E-state index is 0. The molecule has 1 fully saturated rings. The number of benzene rings is 2. The second-order valence-corrected chi connectivity index (χ2v) is 9.40. The molecule has 0 atom stereocenters. The molecule has 0 amide bonds. The summed E-state index contributed by atoms with van der Waals surface area (Å²) in [5.41, 5.74) is 8.97.